The van der Waals surface area contributed by atoms with Crippen molar-refractivity contribution in [1.29, 1.82) is 0 Å². The second-order valence-corrected chi connectivity index (χ2v) is 6.74. The normalized spacial score (nSPS) is 23.3. The van der Waals surface area contributed by atoms with Gasteiger partial charge in [0.15, 0.2) is 0 Å². The van der Waals surface area contributed by atoms with E-state index in [1.807, 2.05) is 6.92 Å². The lowest BCUT2D eigenvalue weighted by Crippen LogP contribution is -2.50. The van der Waals surface area contributed by atoms with Gasteiger partial charge >= 0.3 is 0 Å². The van der Waals surface area contributed by atoms with E-state index in [2.05, 4.69) is 0 Å². The highest BCUT2D eigenvalue weighted by Crippen LogP contribution is 2.17. The number of primary sulfonamides is 1. The highest BCUT2D eigenvalue weighted by atomic mass is 32.2. The summed E-state index contributed by atoms with van der Waals surface area (Å²) in [4.78, 5) is 13.9. The average Bonchev–Trinajstić information content (AvgIpc) is 2.79. The van der Waals surface area contributed by atoms with Crippen molar-refractivity contribution in [1.82, 2.24) is 9.47 Å². The predicted octanol–water partition coefficient (Wildman–Crippen LogP) is -1.11. The Kier molecular flexibility index (Phi) is 4.38. The second kappa shape index (κ2) is 5.76. The third kappa shape index (κ3) is 3.43. The number of aliphatic hydroxyl groups excluding tert-OH is 1. The van der Waals surface area contributed by atoms with Gasteiger partial charge in [0, 0.05) is 26.3 Å². The standard InChI is InChI=1S/C12H19N3O5S/c1-8-4-15(5-9(7-16)20-8)12(17)11-3-10(6-14(11)2)21(13,18)19/h3,6,8-9,16H,4-5,7H2,1-2H3,(H2,13,18,19). The number of carbonyl (C=O) groups excluding carboxylic acids is 1. The zero-order chi connectivity index (χ0) is 15.8. The molecule has 1 amide bonds. The van der Waals surface area contributed by atoms with Crippen LogP contribution in [0.4, 0.5) is 0 Å². The van der Waals surface area contributed by atoms with Crippen LogP contribution < -0.4 is 5.14 Å². The molecule has 0 bridgehead atoms. The van der Waals surface area contributed by atoms with E-state index in [9.17, 15) is 18.3 Å². The van der Waals surface area contributed by atoms with Crippen molar-refractivity contribution in [3.05, 3.63) is 18.0 Å². The lowest BCUT2D eigenvalue weighted by molar-refractivity contribution is -0.0860. The summed E-state index contributed by atoms with van der Waals surface area (Å²) in [6.45, 7) is 2.27. The minimum absolute atomic E-state index is 0.103. The van der Waals surface area contributed by atoms with E-state index in [4.69, 9.17) is 9.88 Å². The van der Waals surface area contributed by atoms with Gasteiger partial charge in [0.1, 0.15) is 10.6 Å². The number of nitrogens with zero attached hydrogens (tertiary/aromatic N) is 2. The molecule has 0 aromatic carbocycles. The third-order valence-corrected chi connectivity index (χ3v) is 4.22. The average molecular weight is 317 g/mol. The summed E-state index contributed by atoms with van der Waals surface area (Å²) in [5.41, 5.74) is 0.227. The molecule has 118 valence electrons. The number of rotatable bonds is 3. The van der Waals surface area contributed by atoms with Crippen LogP contribution in [0, 0.1) is 0 Å². The van der Waals surface area contributed by atoms with Gasteiger partial charge in [-0.2, -0.15) is 0 Å². The maximum atomic E-state index is 12.5. The first-order valence-corrected chi connectivity index (χ1v) is 8.01. The molecule has 1 aliphatic heterocycles. The Balaban J connectivity index is 2.26. The molecule has 21 heavy (non-hydrogen) atoms. The summed E-state index contributed by atoms with van der Waals surface area (Å²) in [6, 6.07) is 1.26. The van der Waals surface area contributed by atoms with Gasteiger partial charge in [-0.25, -0.2) is 13.6 Å². The molecule has 8 nitrogen and oxygen atoms in total. The maximum Gasteiger partial charge on any atom is 0.270 e. The van der Waals surface area contributed by atoms with Crippen LogP contribution in [0.5, 0.6) is 0 Å². The van der Waals surface area contributed by atoms with Gasteiger partial charge in [-0.3, -0.25) is 4.79 Å². The number of amides is 1. The molecule has 2 atom stereocenters. The Bertz CT molecular complexity index is 639. The van der Waals surface area contributed by atoms with Crippen LogP contribution in [0.3, 0.4) is 0 Å². The van der Waals surface area contributed by atoms with Crippen LogP contribution in [0.1, 0.15) is 17.4 Å². The lowest BCUT2D eigenvalue weighted by Gasteiger charge is -2.36. The molecular weight excluding hydrogens is 298 g/mol. The Morgan fingerprint density at radius 2 is 2.19 bits per heavy atom. The van der Waals surface area contributed by atoms with E-state index in [0.29, 0.717) is 6.54 Å². The van der Waals surface area contributed by atoms with Gasteiger partial charge in [0.2, 0.25) is 10.0 Å². The number of aryl methyl sites for hydroxylation is 1. The fourth-order valence-electron chi connectivity index (χ4n) is 2.38. The highest BCUT2D eigenvalue weighted by Gasteiger charge is 2.30. The number of nitrogens with two attached hydrogens (primary N) is 1. The Morgan fingerprint density at radius 3 is 2.71 bits per heavy atom. The summed E-state index contributed by atoms with van der Waals surface area (Å²) in [5, 5.41) is 14.2. The summed E-state index contributed by atoms with van der Waals surface area (Å²) in [5.74, 6) is -0.319. The van der Waals surface area contributed by atoms with Crippen molar-refractivity contribution < 1.29 is 23.1 Å². The van der Waals surface area contributed by atoms with E-state index >= 15 is 0 Å². The number of morpholine rings is 1. The van der Waals surface area contributed by atoms with Crippen molar-refractivity contribution in [3.63, 3.8) is 0 Å². The Morgan fingerprint density at radius 1 is 1.52 bits per heavy atom. The van der Waals surface area contributed by atoms with E-state index in [1.54, 1.807) is 7.05 Å². The first-order chi connectivity index (χ1) is 9.72. The number of hydrogen-bond acceptors (Lipinski definition) is 5. The highest BCUT2D eigenvalue weighted by molar-refractivity contribution is 7.89. The number of ether oxygens (including phenoxy) is 1. The monoisotopic (exact) mass is 317 g/mol. The van der Waals surface area contributed by atoms with Crippen LogP contribution in [-0.2, 0) is 21.8 Å². The first kappa shape index (κ1) is 16.0. The molecule has 0 saturated carbocycles. The quantitative estimate of drug-likeness (QED) is 0.734. The molecule has 2 rings (SSSR count). The molecule has 2 unspecified atom stereocenters. The molecule has 1 aromatic rings. The molecule has 2 heterocycles. The van der Waals surface area contributed by atoms with E-state index < -0.39 is 16.1 Å². The molecular formula is C12H19N3O5S. The van der Waals surface area contributed by atoms with E-state index in [-0.39, 0.29) is 35.8 Å². The van der Waals surface area contributed by atoms with Crippen molar-refractivity contribution in [2.45, 2.75) is 24.0 Å². The van der Waals surface area contributed by atoms with Crippen molar-refractivity contribution in [3.8, 4) is 0 Å². The van der Waals surface area contributed by atoms with Crippen molar-refractivity contribution in [2.24, 2.45) is 12.2 Å². The predicted molar refractivity (Wildman–Crippen MR) is 74.1 cm³/mol. The second-order valence-electron chi connectivity index (χ2n) is 5.18. The molecule has 1 aromatic heterocycles. The largest absolute Gasteiger partial charge is 0.394 e. The zero-order valence-corrected chi connectivity index (χ0v) is 12.7. The first-order valence-electron chi connectivity index (χ1n) is 6.47. The number of sulfonamides is 1. The molecule has 0 spiro atoms. The number of aromatic nitrogens is 1. The van der Waals surface area contributed by atoms with Crippen LogP contribution in [0.15, 0.2) is 17.2 Å². The fourth-order valence-corrected chi connectivity index (χ4v) is 2.96. The minimum Gasteiger partial charge on any atom is -0.394 e. The zero-order valence-electron chi connectivity index (χ0n) is 11.9. The van der Waals surface area contributed by atoms with Crippen molar-refractivity contribution in [2.75, 3.05) is 19.7 Å². The lowest BCUT2D eigenvalue weighted by atomic mass is 10.2. The number of aliphatic hydroxyl groups is 1. The Hall–Kier alpha value is -1.42. The Labute approximate surface area is 123 Å². The molecule has 9 heteroatoms. The number of carbonyl (C=O) groups is 1. The fraction of sp³-hybridized carbons (Fsp3) is 0.583. The smallest absolute Gasteiger partial charge is 0.270 e. The van der Waals surface area contributed by atoms with E-state index in [0.717, 1.165) is 0 Å². The van der Waals surface area contributed by atoms with Gasteiger partial charge in [-0.15, -0.1) is 0 Å². The van der Waals surface area contributed by atoms with Crippen LogP contribution in [-0.4, -0.2) is 60.8 Å². The van der Waals surface area contributed by atoms with Crippen LogP contribution in [0.25, 0.3) is 0 Å². The van der Waals surface area contributed by atoms with Gasteiger partial charge in [-0.1, -0.05) is 0 Å². The van der Waals surface area contributed by atoms with Gasteiger partial charge in [0.25, 0.3) is 5.91 Å². The molecule has 3 N–H and O–H groups in total. The SMILES string of the molecule is CC1CN(C(=O)c2cc(S(N)(=O)=O)cn2C)CC(CO)O1. The minimum atomic E-state index is -3.85. The van der Waals surface area contributed by atoms with Gasteiger partial charge in [0.05, 0.1) is 18.8 Å². The molecule has 1 aliphatic rings. The summed E-state index contributed by atoms with van der Waals surface area (Å²) >= 11 is 0. The molecule has 1 fully saturated rings. The van der Waals surface area contributed by atoms with Gasteiger partial charge in [-0.05, 0) is 13.0 Å². The van der Waals surface area contributed by atoms with Crippen LogP contribution >= 0.6 is 0 Å². The molecule has 1 saturated heterocycles. The van der Waals surface area contributed by atoms with Gasteiger partial charge < -0.3 is 19.3 Å². The number of hydrogen-bond donors (Lipinski definition) is 2. The summed E-state index contributed by atoms with van der Waals surface area (Å²) in [6.07, 6.45) is 0.671. The summed E-state index contributed by atoms with van der Waals surface area (Å²) in [7, 11) is -2.27. The topological polar surface area (TPSA) is 115 Å². The van der Waals surface area contributed by atoms with E-state index in [1.165, 1.54) is 21.7 Å². The molecule has 0 aliphatic carbocycles. The van der Waals surface area contributed by atoms with Crippen LogP contribution in [0.2, 0.25) is 0 Å². The maximum absolute atomic E-state index is 12.5. The summed E-state index contributed by atoms with van der Waals surface area (Å²) < 4.78 is 29.6. The third-order valence-electron chi connectivity index (χ3n) is 3.34. The molecule has 0 radical (unpaired) electrons. The van der Waals surface area contributed by atoms with Crippen molar-refractivity contribution >= 4 is 15.9 Å².